The molecule has 4 N–H and O–H groups in total. The van der Waals surface area contributed by atoms with Crippen LogP contribution in [0, 0.1) is 5.41 Å². The lowest BCUT2D eigenvalue weighted by atomic mass is 9.93. The van der Waals surface area contributed by atoms with Crippen molar-refractivity contribution in [2.24, 2.45) is 16.9 Å². The Hall–Kier alpha value is -1.59. The number of hydrogen-bond acceptors (Lipinski definition) is 4. The molecule has 1 amide bonds. The van der Waals surface area contributed by atoms with Crippen molar-refractivity contribution in [3.8, 4) is 5.75 Å². The van der Waals surface area contributed by atoms with Gasteiger partial charge in [-0.25, -0.2) is 0 Å². The van der Waals surface area contributed by atoms with Gasteiger partial charge in [0.05, 0.1) is 0 Å². The fourth-order valence-electron chi connectivity index (χ4n) is 2.01. The molecular weight excluding hydrogens is 254 g/mol. The molecular formula is C15H25N3O2. The summed E-state index contributed by atoms with van der Waals surface area (Å²) >= 11 is 0. The van der Waals surface area contributed by atoms with Crippen molar-refractivity contribution in [1.82, 2.24) is 4.90 Å². The van der Waals surface area contributed by atoms with Crippen LogP contribution in [-0.2, 0) is 11.3 Å². The van der Waals surface area contributed by atoms with Gasteiger partial charge in [0.25, 0.3) is 5.91 Å². The molecule has 0 bridgehead atoms. The van der Waals surface area contributed by atoms with E-state index < -0.39 is 5.91 Å². The second kappa shape index (κ2) is 7.26. The first-order chi connectivity index (χ1) is 9.32. The lowest BCUT2D eigenvalue weighted by molar-refractivity contribution is -0.119. The van der Waals surface area contributed by atoms with Crippen LogP contribution in [0.15, 0.2) is 24.3 Å². The van der Waals surface area contributed by atoms with Crippen LogP contribution in [0.2, 0.25) is 0 Å². The van der Waals surface area contributed by atoms with Gasteiger partial charge in [0.1, 0.15) is 5.75 Å². The van der Waals surface area contributed by atoms with E-state index in [-0.39, 0.29) is 12.0 Å². The Balaban J connectivity index is 2.50. The van der Waals surface area contributed by atoms with E-state index in [1.807, 2.05) is 24.3 Å². The van der Waals surface area contributed by atoms with Crippen molar-refractivity contribution < 1.29 is 9.53 Å². The van der Waals surface area contributed by atoms with Crippen molar-refractivity contribution in [2.45, 2.75) is 20.4 Å². The van der Waals surface area contributed by atoms with Crippen molar-refractivity contribution in [3.05, 3.63) is 29.8 Å². The van der Waals surface area contributed by atoms with Gasteiger partial charge in [-0.05, 0) is 36.7 Å². The van der Waals surface area contributed by atoms with E-state index >= 15 is 0 Å². The molecule has 0 saturated heterocycles. The van der Waals surface area contributed by atoms with E-state index in [4.69, 9.17) is 16.2 Å². The molecule has 1 aromatic rings. The van der Waals surface area contributed by atoms with E-state index in [9.17, 15) is 4.79 Å². The topological polar surface area (TPSA) is 81.6 Å². The Morgan fingerprint density at radius 1 is 1.30 bits per heavy atom. The number of carbonyl (C=O) groups excluding carboxylic acids is 1. The molecule has 1 rings (SSSR count). The molecule has 20 heavy (non-hydrogen) atoms. The summed E-state index contributed by atoms with van der Waals surface area (Å²) < 4.78 is 5.22. The number of ether oxygens (including phenoxy) is 1. The summed E-state index contributed by atoms with van der Waals surface area (Å²) in [6.07, 6.45) is 0. The van der Waals surface area contributed by atoms with Crippen molar-refractivity contribution in [3.63, 3.8) is 0 Å². The molecule has 1 aromatic carbocycles. The van der Waals surface area contributed by atoms with Crippen LogP contribution in [0.3, 0.4) is 0 Å². The number of carbonyl (C=O) groups is 1. The van der Waals surface area contributed by atoms with Crippen LogP contribution >= 0.6 is 0 Å². The minimum atomic E-state index is -0.474. The van der Waals surface area contributed by atoms with Crippen LogP contribution < -0.4 is 16.2 Å². The quantitative estimate of drug-likeness (QED) is 0.743. The van der Waals surface area contributed by atoms with Crippen molar-refractivity contribution in [1.29, 1.82) is 0 Å². The van der Waals surface area contributed by atoms with E-state index in [1.54, 1.807) is 0 Å². The van der Waals surface area contributed by atoms with Gasteiger partial charge in [-0.15, -0.1) is 0 Å². The second-order valence-corrected chi connectivity index (χ2v) is 5.94. The van der Waals surface area contributed by atoms with Gasteiger partial charge in [-0.2, -0.15) is 0 Å². The maximum absolute atomic E-state index is 10.6. The minimum absolute atomic E-state index is 0.0933. The Labute approximate surface area is 120 Å². The Morgan fingerprint density at radius 2 is 1.90 bits per heavy atom. The third-order valence-electron chi connectivity index (χ3n) is 3.01. The average molecular weight is 279 g/mol. The molecule has 0 aliphatic heterocycles. The summed E-state index contributed by atoms with van der Waals surface area (Å²) in [7, 11) is 2.08. The fourth-order valence-corrected chi connectivity index (χ4v) is 2.01. The molecule has 112 valence electrons. The molecule has 0 aliphatic carbocycles. The maximum atomic E-state index is 10.6. The SMILES string of the molecule is CN(Cc1ccc(OCC(N)=O)cc1)CC(C)(C)CN. The number of rotatable bonds is 8. The molecule has 0 fully saturated rings. The molecule has 0 aromatic heterocycles. The average Bonchev–Trinajstić information content (AvgIpc) is 2.37. The van der Waals surface area contributed by atoms with Gasteiger partial charge in [0, 0.05) is 13.1 Å². The molecule has 0 spiro atoms. The standard InChI is InChI=1S/C15H25N3O2/c1-15(2,10-16)11-18(3)8-12-4-6-13(7-5-12)20-9-14(17)19/h4-7H,8-11,16H2,1-3H3,(H2,17,19). The van der Waals surface area contributed by atoms with Crippen LogP contribution in [0.1, 0.15) is 19.4 Å². The van der Waals surface area contributed by atoms with E-state index in [2.05, 4.69) is 25.8 Å². The largest absolute Gasteiger partial charge is 0.484 e. The van der Waals surface area contributed by atoms with Gasteiger partial charge in [0.15, 0.2) is 6.61 Å². The zero-order valence-electron chi connectivity index (χ0n) is 12.6. The van der Waals surface area contributed by atoms with E-state index in [1.165, 1.54) is 5.56 Å². The number of nitrogens with two attached hydrogens (primary N) is 2. The molecule has 5 nitrogen and oxygen atoms in total. The minimum Gasteiger partial charge on any atom is -0.484 e. The third kappa shape index (κ3) is 6.04. The molecule has 0 heterocycles. The first kappa shape index (κ1) is 16.5. The predicted octanol–water partition coefficient (Wildman–Crippen LogP) is 0.967. The van der Waals surface area contributed by atoms with Gasteiger partial charge in [-0.1, -0.05) is 26.0 Å². The number of amides is 1. The van der Waals surface area contributed by atoms with E-state index in [0.29, 0.717) is 12.3 Å². The summed E-state index contributed by atoms with van der Waals surface area (Å²) in [5.41, 5.74) is 12.1. The predicted molar refractivity (Wildman–Crippen MR) is 80.3 cm³/mol. The summed E-state index contributed by atoms with van der Waals surface area (Å²) in [6, 6.07) is 7.67. The van der Waals surface area contributed by atoms with Crippen LogP contribution in [0.5, 0.6) is 5.75 Å². The summed E-state index contributed by atoms with van der Waals surface area (Å²) in [4.78, 5) is 12.9. The lowest BCUT2D eigenvalue weighted by Crippen LogP contribution is -2.36. The van der Waals surface area contributed by atoms with Crippen LogP contribution in [-0.4, -0.2) is 37.6 Å². The zero-order valence-corrected chi connectivity index (χ0v) is 12.6. The normalized spacial score (nSPS) is 11.7. The first-order valence-corrected chi connectivity index (χ1v) is 6.71. The zero-order chi connectivity index (χ0) is 15.2. The Kier molecular flexibility index (Phi) is 5.98. The highest BCUT2D eigenvalue weighted by molar-refractivity contribution is 5.75. The summed E-state index contributed by atoms with van der Waals surface area (Å²) in [5.74, 6) is 0.176. The van der Waals surface area contributed by atoms with Gasteiger partial charge >= 0.3 is 0 Å². The maximum Gasteiger partial charge on any atom is 0.255 e. The number of nitrogens with zero attached hydrogens (tertiary/aromatic N) is 1. The van der Waals surface area contributed by atoms with Gasteiger partial charge in [0.2, 0.25) is 0 Å². The van der Waals surface area contributed by atoms with Gasteiger partial charge in [-0.3, -0.25) is 4.79 Å². The summed E-state index contributed by atoms with van der Waals surface area (Å²) in [5, 5.41) is 0. The molecule has 0 atom stereocenters. The van der Waals surface area contributed by atoms with Crippen molar-refractivity contribution >= 4 is 5.91 Å². The Morgan fingerprint density at radius 3 is 2.40 bits per heavy atom. The lowest BCUT2D eigenvalue weighted by Gasteiger charge is -2.29. The van der Waals surface area contributed by atoms with Crippen LogP contribution in [0.4, 0.5) is 0 Å². The molecule has 0 saturated carbocycles. The highest BCUT2D eigenvalue weighted by atomic mass is 16.5. The fraction of sp³-hybridized carbons (Fsp3) is 0.533. The molecule has 0 unspecified atom stereocenters. The molecule has 5 heteroatoms. The first-order valence-electron chi connectivity index (χ1n) is 6.71. The highest BCUT2D eigenvalue weighted by Crippen LogP contribution is 2.17. The second-order valence-electron chi connectivity index (χ2n) is 5.94. The van der Waals surface area contributed by atoms with Gasteiger partial charge < -0.3 is 21.1 Å². The van der Waals surface area contributed by atoms with Crippen molar-refractivity contribution in [2.75, 3.05) is 26.7 Å². The van der Waals surface area contributed by atoms with E-state index in [0.717, 1.165) is 13.1 Å². The number of benzene rings is 1. The highest BCUT2D eigenvalue weighted by Gasteiger charge is 2.17. The molecule has 0 radical (unpaired) electrons. The Bertz CT molecular complexity index is 429. The monoisotopic (exact) mass is 279 g/mol. The number of primary amides is 1. The summed E-state index contributed by atoms with van der Waals surface area (Å²) in [6.45, 7) is 6.67. The number of hydrogen-bond donors (Lipinski definition) is 2. The molecule has 0 aliphatic rings. The van der Waals surface area contributed by atoms with Crippen LogP contribution in [0.25, 0.3) is 0 Å². The third-order valence-corrected chi connectivity index (χ3v) is 3.01. The smallest absolute Gasteiger partial charge is 0.255 e.